The van der Waals surface area contributed by atoms with Crippen LogP contribution >= 0.6 is 0 Å². The van der Waals surface area contributed by atoms with Crippen molar-refractivity contribution in [2.45, 2.75) is 166 Å². The maximum absolute atomic E-state index is 10.1. The van der Waals surface area contributed by atoms with E-state index in [-0.39, 0.29) is 202 Å². The predicted molar refractivity (Wildman–Crippen MR) is 305 cm³/mol. The van der Waals surface area contributed by atoms with Gasteiger partial charge >= 0.3 is 110 Å². The molecule has 0 aromatic carbocycles. The molecule has 0 aliphatic heterocycles. The third-order valence-electron chi connectivity index (χ3n) is 5.45. The van der Waals surface area contributed by atoms with Crippen molar-refractivity contribution in [3.05, 3.63) is 0 Å². The Hall–Kier alpha value is 0.471. The summed E-state index contributed by atoms with van der Waals surface area (Å²) in [7, 11) is -13.8. The third-order valence-corrected chi connectivity index (χ3v) is 5.45. The standard InChI is InChI=1S/8C5H11NO.8CH3O.4ClHO4.4Fe.8H3N.4Pt/c8*1-5(2,3)4(6)7;8*1-2;4*2-1(3,4)5;;;;;;;;;;;;;;;;/h8*1-3H3,(H2,6,7);8*1H3;4*(H,2,3,4,5);;;;;8*1H3;;;;/q;;;;;;;;8*-1;;;;;2*+2;2*+3;;;;;;;;;;;2*+4/p-12. The first-order valence-corrected chi connectivity index (χ1v) is 28.3. The molecule has 0 saturated carbocycles. The van der Waals surface area contributed by atoms with Crippen LogP contribution in [0, 0.1) is 128 Å². The van der Waals surface area contributed by atoms with Gasteiger partial charge in [0.15, 0.2) is 0 Å². The van der Waals surface area contributed by atoms with Gasteiger partial charge in [-0.15, -0.1) is 41.0 Å². The van der Waals surface area contributed by atoms with Gasteiger partial charge in [-0.2, -0.15) is 56.9 Å². The largest absolute Gasteiger partial charge is 4.00 e. The maximum atomic E-state index is 10.1. The van der Waals surface area contributed by atoms with E-state index in [1.807, 2.05) is 0 Å². The van der Waals surface area contributed by atoms with Gasteiger partial charge in [0.05, 0.1) is 0 Å². The average molecular weight is 2590 g/mol. The monoisotopic (exact) mass is 2580 g/mol. The fraction of sp³-hybridized carbons (Fsp3) is 0.833. The van der Waals surface area contributed by atoms with Crippen LogP contribution in [0.3, 0.4) is 0 Å². The zero-order chi connectivity index (χ0) is 82.6. The zero-order valence-electron chi connectivity index (χ0n) is 66.9. The second-order valence-electron chi connectivity index (χ2n) is 22.1. The fourth-order valence-electron chi connectivity index (χ4n) is 0. The topological polar surface area (TPSA) is 1210 Å². The molecular weight excluding hydrogens is 2460 g/mol. The first-order chi connectivity index (χ1) is 39.5. The van der Waals surface area contributed by atoms with E-state index < -0.39 is 131 Å². The van der Waals surface area contributed by atoms with Gasteiger partial charge in [-0.3, -0.25) is 0 Å². The Morgan fingerprint density at radius 3 is 0.185 bits per heavy atom. The Morgan fingerprint density at radius 2 is 0.185 bits per heavy atom. The quantitative estimate of drug-likeness (QED) is 0.0608. The van der Waals surface area contributed by atoms with Crippen molar-refractivity contribution in [1.82, 2.24) is 49.2 Å². The molecule has 0 amide bonds. The minimum atomic E-state index is -4.94. The van der Waals surface area contributed by atoms with Crippen LogP contribution in [0.2, 0.25) is 0 Å². The minimum Gasteiger partial charge on any atom is -0.862 e. The molecule has 0 aliphatic carbocycles. The van der Waals surface area contributed by atoms with E-state index in [0.29, 0.717) is 0 Å². The molecule has 694 valence electrons. The van der Waals surface area contributed by atoms with Crippen molar-refractivity contribution in [2.24, 2.45) is 43.3 Å². The van der Waals surface area contributed by atoms with Crippen LogP contribution in [-0.2, 0) is 153 Å². The van der Waals surface area contributed by atoms with Crippen LogP contribution < -0.4 is 205 Å². The van der Waals surface area contributed by atoms with Crippen LogP contribution in [0.1, 0.15) is 166 Å². The minimum absolute atomic E-state index is 0. The zero-order valence-corrected chi connectivity index (χ0v) is 83.4. The summed E-state index contributed by atoms with van der Waals surface area (Å²) >= 11 is 0. The summed E-state index contributed by atoms with van der Waals surface area (Å²) in [6, 6.07) is 0. The van der Waals surface area contributed by atoms with Crippen LogP contribution in [0.5, 0.6) is 0 Å². The van der Waals surface area contributed by atoms with Gasteiger partial charge in [0.25, 0.3) is 0 Å². The van der Waals surface area contributed by atoms with E-state index >= 15 is 0 Å². The SMILES string of the molecule is CC(C)(C)C(=N)[O-].CC(C)(C)C(=N)[O-].CC(C)(C)C(=N)[O-].CC(C)(C)C(=N)[O-].CC(C)(C)C(=N)[O-].CC(C)(C)C(=N)[O-].CC(C)(C)C(=N)[O-].CC(C)(C)C(=N)[O-].C[O-].C[O-].C[O-].C[O-].C[O-].C[O-].C[O-].C[O-].N.N.N.N.N.N.N.N.[Fe+2].[Fe+2].[Fe+3].[Fe+3].[O-][Cl+3]([O-])([O-])[O-].[O-][Cl+3]([O-])([O-])[O-].[O-][Cl+3]([O-])([O-])[O-].[O-][Cl+3]([O-])([O-])[O-].[Pt+4].[Pt+4].[Pt].[Pt]. The Balaban J connectivity index is -0.0000000150. The Morgan fingerprint density at radius 1 is 0.176 bits per heavy atom. The van der Waals surface area contributed by atoms with Crippen molar-refractivity contribution >= 4 is 47.2 Å². The van der Waals surface area contributed by atoms with Crippen molar-refractivity contribution in [1.29, 1.82) is 43.3 Å². The summed E-state index contributed by atoms with van der Waals surface area (Å²) in [6.45, 7) is 41.4. The molecular formula is C48H128Cl4Fe4N16O32Pt4-2. The summed E-state index contributed by atoms with van der Waals surface area (Å²) in [5, 5.41) is 200. The van der Waals surface area contributed by atoms with Crippen molar-refractivity contribution in [3.63, 3.8) is 0 Å². The molecule has 0 bridgehead atoms. The van der Waals surface area contributed by atoms with E-state index in [2.05, 4.69) is 0 Å². The van der Waals surface area contributed by atoms with Crippen LogP contribution in [0.4, 0.5) is 0 Å². The van der Waals surface area contributed by atoms with Crippen LogP contribution in [-0.4, -0.2) is 104 Å². The van der Waals surface area contributed by atoms with E-state index in [9.17, 15) is 40.9 Å². The van der Waals surface area contributed by atoms with Crippen LogP contribution in [0.25, 0.3) is 0 Å². The predicted octanol–water partition coefficient (Wildman–Crippen LogP) is -23.0. The second kappa shape index (κ2) is 131. The summed E-state index contributed by atoms with van der Waals surface area (Å²) in [5.41, 5.74) is -3.78. The van der Waals surface area contributed by atoms with Gasteiger partial charge in [-0.05, 0) is 90.5 Å². The molecule has 0 spiro atoms. The van der Waals surface area contributed by atoms with Crippen molar-refractivity contribution in [3.8, 4) is 0 Å². The normalized spacial score (nSPS) is 8.52. The molecule has 0 aliphatic rings. The number of rotatable bonds is 0. The molecule has 0 heterocycles. The van der Waals surface area contributed by atoms with Crippen molar-refractivity contribution in [2.75, 3.05) is 56.9 Å². The summed E-state index contributed by atoms with van der Waals surface area (Å²) < 4.78 is 136. The Bertz CT molecular complexity index is 1360. The molecule has 32 N–H and O–H groups in total. The van der Waals surface area contributed by atoms with Gasteiger partial charge in [-0.25, -0.2) is 74.5 Å². The summed E-state index contributed by atoms with van der Waals surface area (Å²) in [5.74, 6) is -4.06. The van der Waals surface area contributed by atoms with Gasteiger partial charge < -0.3 is 174 Å². The molecule has 0 saturated heterocycles. The smallest absolute Gasteiger partial charge is 0.862 e. The Kier molecular flexibility index (Phi) is 289. The molecule has 0 aromatic rings. The molecule has 108 heavy (non-hydrogen) atoms. The molecule has 0 rings (SSSR count). The number of hydrogen-bond acceptors (Lipinski definition) is 48. The molecule has 0 atom stereocenters. The van der Waals surface area contributed by atoms with Gasteiger partial charge in [-0.1, -0.05) is 166 Å². The van der Waals surface area contributed by atoms with Gasteiger partial charge in [0.1, 0.15) is 0 Å². The molecule has 48 nitrogen and oxygen atoms in total. The first kappa shape index (κ1) is 239. The van der Waals surface area contributed by atoms with Crippen molar-refractivity contribution < 1.29 is 350 Å². The molecule has 2 radical (unpaired) electrons. The molecule has 0 aromatic heterocycles. The maximum Gasteiger partial charge on any atom is 4.00 e. The molecule has 0 unspecified atom stereocenters. The third kappa shape index (κ3) is 504. The molecule has 60 heteroatoms. The fourth-order valence-corrected chi connectivity index (χ4v) is 0. The van der Waals surface area contributed by atoms with E-state index in [1.165, 1.54) is 0 Å². The van der Waals surface area contributed by atoms with Gasteiger partial charge in [0.2, 0.25) is 0 Å². The molecule has 0 fully saturated rings. The van der Waals surface area contributed by atoms with Gasteiger partial charge in [0, 0.05) is 42.1 Å². The summed E-state index contributed by atoms with van der Waals surface area (Å²) in [4.78, 5) is 0. The second-order valence-corrected chi connectivity index (χ2v) is 25.2. The Labute approximate surface area is 749 Å². The first-order valence-electron chi connectivity index (χ1n) is 23.4. The van der Waals surface area contributed by atoms with Crippen LogP contribution in [0.15, 0.2) is 0 Å². The van der Waals surface area contributed by atoms with E-state index in [0.717, 1.165) is 56.9 Å². The number of hydrogen-bond donors (Lipinski definition) is 16. The number of halogens is 4. The average Bonchev–Trinajstić information content (AvgIpc) is 3.31. The van der Waals surface area contributed by atoms with E-state index in [1.54, 1.807) is 166 Å². The summed E-state index contributed by atoms with van der Waals surface area (Å²) in [6.07, 6.45) is 0. The van der Waals surface area contributed by atoms with E-state index in [4.69, 9.17) is 159 Å². The number of nitrogens with one attached hydrogen (secondary N) is 8.